The zero-order valence-corrected chi connectivity index (χ0v) is 19.9. The molecule has 0 aromatic heterocycles. The highest BCUT2D eigenvalue weighted by atomic mass is 16.7. The van der Waals surface area contributed by atoms with Crippen molar-refractivity contribution in [1.29, 1.82) is 0 Å². The molecule has 1 aromatic rings. The first kappa shape index (κ1) is 26.9. The summed E-state index contributed by atoms with van der Waals surface area (Å²) in [4.78, 5) is 0. The largest absolute Gasteiger partial charge is 0.493 e. The molecule has 2 unspecified atom stereocenters. The van der Waals surface area contributed by atoms with Crippen molar-refractivity contribution in [3.8, 4) is 11.5 Å². The molecule has 2 rings (SSSR count). The van der Waals surface area contributed by atoms with Crippen LogP contribution in [0.25, 0.3) is 0 Å². The number of ether oxygens (including phenoxy) is 3. The number of aryl methyl sites for hydroxylation is 1. The lowest BCUT2D eigenvalue weighted by Gasteiger charge is -2.39. The zero-order valence-electron chi connectivity index (χ0n) is 19.9. The summed E-state index contributed by atoms with van der Waals surface area (Å²) in [6, 6.07) is 5.63. The Morgan fingerprint density at radius 1 is 0.969 bits per heavy atom. The number of benzene rings is 1. The molecule has 0 spiro atoms. The van der Waals surface area contributed by atoms with Crippen molar-refractivity contribution in [2.75, 3.05) is 13.7 Å². The minimum absolute atomic E-state index is 0.359. The Morgan fingerprint density at radius 2 is 1.69 bits per heavy atom. The first-order chi connectivity index (χ1) is 15.3. The average molecular weight is 455 g/mol. The van der Waals surface area contributed by atoms with Gasteiger partial charge in [0.1, 0.15) is 24.4 Å². The van der Waals surface area contributed by atoms with Crippen LogP contribution < -0.4 is 9.47 Å². The van der Waals surface area contributed by atoms with Gasteiger partial charge < -0.3 is 34.6 Å². The Morgan fingerprint density at radius 3 is 2.34 bits per heavy atom. The lowest BCUT2D eigenvalue weighted by Crippen LogP contribution is -2.60. The van der Waals surface area contributed by atoms with Crippen LogP contribution in [-0.2, 0) is 11.2 Å². The number of hydrogen-bond donors (Lipinski definition) is 4. The molecule has 0 saturated carbocycles. The van der Waals surface area contributed by atoms with Gasteiger partial charge in [-0.05, 0) is 48.8 Å². The maximum absolute atomic E-state index is 10.2. The normalized spacial score (nSPS) is 27.7. The quantitative estimate of drug-likeness (QED) is 0.339. The third-order valence-electron chi connectivity index (χ3n) is 6.35. The van der Waals surface area contributed by atoms with Crippen LogP contribution in [0.5, 0.6) is 11.5 Å². The summed E-state index contributed by atoms with van der Waals surface area (Å²) in [7, 11) is 1.54. The SMILES string of the molecule is CCCCCC(C)CC(C)CCc1ccc(O[C@@H]2O[C@H](CO)[C@@H](O)[C@H](O)[C@H]2O)c(OC)c1. The Hall–Kier alpha value is -1.38. The molecule has 1 saturated heterocycles. The monoisotopic (exact) mass is 454 g/mol. The fourth-order valence-corrected chi connectivity index (χ4v) is 4.33. The third-order valence-corrected chi connectivity index (χ3v) is 6.35. The van der Waals surface area contributed by atoms with Crippen LogP contribution in [0.15, 0.2) is 18.2 Å². The Labute approximate surface area is 192 Å². The molecule has 1 aliphatic rings. The summed E-state index contributed by atoms with van der Waals surface area (Å²) < 4.78 is 16.6. The smallest absolute Gasteiger partial charge is 0.229 e. The number of rotatable bonds is 13. The second-order valence-corrected chi connectivity index (χ2v) is 9.28. The predicted octanol–water partition coefficient (Wildman–Crippen LogP) is 3.05. The summed E-state index contributed by atoms with van der Waals surface area (Å²) in [5.41, 5.74) is 1.13. The van der Waals surface area contributed by atoms with Gasteiger partial charge in [-0.1, -0.05) is 52.5 Å². The van der Waals surface area contributed by atoms with Gasteiger partial charge in [0.25, 0.3) is 0 Å². The number of hydrogen-bond acceptors (Lipinski definition) is 7. The number of methoxy groups -OCH3 is 1. The van der Waals surface area contributed by atoms with Crippen LogP contribution in [0.3, 0.4) is 0 Å². The molecule has 0 bridgehead atoms. The van der Waals surface area contributed by atoms with Gasteiger partial charge in [-0.2, -0.15) is 0 Å². The summed E-state index contributed by atoms with van der Waals surface area (Å²) in [5.74, 6) is 2.25. The highest BCUT2D eigenvalue weighted by Gasteiger charge is 2.44. The van der Waals surface area contributed by atoms with E-state index in [1.807, 2.05) is 12.1 Å². The molecule has 0 amide bonds. The van der Waals surface area contributed by atoms with E-state index in [9.17, 15) is 20.4 Å². The van der Waals surface area contributed by atoms with E-state index in [-0.39, 0.29) is 0 Å². The van der Waals surface area contributed by atoms with Gasteiger partial charge in [-0.3, -0.25) is 0 Å². The summed E-state index contributed by atoms with van der Waals surface area (Å²) in [5, 5.41) is 39.4. The number of unbranched alkanes of at least 4 members (excludes halogenated alkanes) is 2. The molecule has 32 heavy (non-hydrogen) atoms. The van der Waals surface area contributed by atoms with Crippen molar-refractivity contribution in [2.24, 2.45) is 11.8 Å². The maximum atomic E-state index is 10.2. The first-order valence-corrected chi connectivity index (χ1v) is 11.9. The zero-order chi connectivity index (χ0) is 23.7. The van der Waals surface area contributed by atoms with Gasteiger partial charge >= 0.3 is 0 Å². The van der Waals surface area contributed by atoms with Gasteiger partial charge in [0, 0.05) is 0 Å². The lowest BCUT2D eigenvalue weighted by molar-refractivity contribution is -0.277. The summed E-state index contributed by atoms with van der Waals surface area (Å²) in [6.45, 7) is 6.39. The second kappa shape index (κ2) is 13.4. The molecule has 0 aliphatic carbocycles. The van der Waals surface area contributed by atoms with Gasteiger partial charge in [0.15, 0.2) is 11.5 Å². The molecule has 7 atom stereocenters. The van der Waals surface area contributed by atoms with E-state index < -0.39 is 37.3 Å². The summed E-state index contributed by atoms with van der Waals surface area (Å²) >= 11 is 0. The number of aliphatic hydroxyl groups excluding tert-OH is 4. The van der Waals surface area contributed by atoms with Crippen LogP contribution >= 0.6 is 0 Å². The fourth-order valence-electron chi connectivity index (χ4n) is 4.33. The molecule has 184 valence electrons. The van der Waals surface area contributed by atoms with Crippen molar-refractivity contribution >= 4 is 0 Å². The Bertz CT molecular complexity index is 666. The maximum Gasteiger partial charge on any atom is 0.229 e. The van der Waals surface area contributed by atoms with E-state index in [1.54, 1.807) is 13.2 Å². The van der Waals surface area contributed by atoms with E-state index >= 15 is 0 Å². The van der Waals surface area contributed by atoms with E-state index in [0.29, 0.717) is 17.4 Å². The van der Waals surface area contributed by atoms with Crippen LogP contribution in [0.4, 0.5) is 0 Å². The van der Waals surface area contributed by atoms with Crippen molar-refractivity contribution in [2.45, 2.75) is 96.4 Å². The highest BCUT2D eigenvalue weighted by Crippen LogP contribution is 2.33. The molecule has 7 nitrogen and oxygen atoms in total. The van der Waals surface area contributed by atoms with Crippen molar-refractivity contribution in [3.05, 3.63) is 23.8 Å². The van der Waals surface area contributed by atoms with Crippen LogP contribution in [0.2, 0.25) is 0 Å². The van der Waals surface area contributed by atoms with Crippen LogP contribution in [0.1, 0.15) is 64.9 Å². The molecule has 1 aliphatic heterocycles. The molecular formula is C25H42O7. The second-order valence-electron chi connectivity index (χ2n) is 9.28. The molecule has 7 heteroatoms. The standard InChI is InChI=1S/C25H42O7/c1-5-6-7-8-16(2)13-17(3)9-10-18-11-12-19(20(14-18)30-4)31-25-24(29)23(28)22(27)21(15-26)32-25/h11-12,14,16-17,21-29H,5-10,13,15H2,1-4H3/t16?,17?,21-,22-,23+,24-,25-/m1/s1. The Kier molecular flexibility index (Phi) is 11.2. The molecule has 1 aromatic carbocycles. The minimum Gasteiger partial charge on any atom is -0.493 e. The van der Waals surface area contributed by atoms with E-state index in [4.69, 9.17) is 14.2 Å². The van der Waals surface area contributed by atoms with Gasteiger partial charge in [0.2, 0.25) is 6.29 Å². The molecule has 1 heterocycles. The van der Waals surface area contributed by atoms with Crippen LogP contribution in [0, 0.1) is 11.8 Å². The van der Waals surface area contributed by atoms with Gasteiger partial charge in [-0.25, -0.2) is 0 Å². The van der Waals surface area contributed by atoms with Crippen molar-refractivity contribution in [1.82, 2.24) is 0 Å². The number of aliphatic hydroxyl groups is 4. The van der Waals surface area contributed by atoms with Crippen molar-refractivity contribution in [3.63, 3.8) is 0 Å². The van der Waals surface area contributed by atoms with E-state index in [0.717, 1.165) is 24.3 Å². The van der Waals surface area contributed by atoms with Crippen LogP contribution in [-0.4, -0.2) is 64.8 Å². The molecular weight excluding hydrogens is 412 g/mol. The minimum atomic E-state index is -1.48. The summed E-state index contributed by atoms with van der Waals surface area (Å²) in [6.07, 6.45) is 1.83. The third kappa shape index (κ3) is 7.59. The topological polar surface area (TPSA) is 109 Å². The predicted molar refractivity (Wildman–Crippen MR) is 123 cm³/mol. The van der Waals surface area contributed by atoms with Gasteiger partial charge in [0.05, 0.1) is 13.7 Å². The lowest BCUT2D eigenvalue weighted by atomic mass is 9.89. The first-order valence-electron chi connectivity index (χ1n) is 11.9. The molecule has 0 radical (unpaired) electrons. The molecule has 1 fully saturated rings. The Balaban J connectivity index is 1.93. The fraction of sp³-hybridized carbons (Fsp3) is 0.760. The molecule has 4 N–H and O–H groups in total. The van der Waals surface area contributed by atoms with E-state index in [1.165, 1.54) is 32.1 Å². The average Bonchev–Trinajstić information content (AvgIpc) is 2.78. The van der Waals surface area contributed by atoms with Crippen molar-refractivity contribution < 1.29 is 34.6 Å². The van der Waals surface area contributed by atoms with E-state index in [2.05, 4.69) is 20.8 Å². The van der Waals surface area contributed by atoms with Gasteiger partial charge in [-0.15, -0.1) is 0 Å². The highest BCUT2D eigenvalue weighted by molar-refractivity contribution is 5.43.